The van der Waals surface area contributed by atoms with Crippen LogP contribution in [0.15, 0.2) is 21.2 Å². The number of nitrogens with one attached hydrogen (secondary N) is 1. The molecule has 130 valence electrons. The number of nitrogens with zero attached hydrogens (tertiary/aromatic N) is 2. The third kappa shape index (κ3) is 4.64. The first-order valence-corrected chi connectivity index (χ1v) is 8.62. The van der Waals surface area contributed by atoms with Crippen LogP contribution in [-0.4, -0.2) is 32.7 Å². The quantitative estimate of drug-likeness (QED) is 0.757. The Morgan fingerprint density at radius 1 is 1.42 bits per heavy atom. The third-order valence-corrected chi connectivity index (χ3v) is 4.70. The van der Waals surface area contributed by atoms with Crippen molar-refractivity contribution in [2.75, 3.05) is 0 Å². The number of thiophene rings is 1. The zero-order chi connectivity index (χ0) is 17.7. The normalized spacial score (nSPS) is 13.7. The van der Waals surface area contributed by atoms with Crippen LogP contribution in [0.1, 0.15) is 39.5 Å². The molecule has 0 aliphatic carbocycles. The standard InChI is InChI=1S/C16H21N3O4S/c1-10(2)16(3,8-14(21)22)17-12(20)4-5-13-18-19-15(23-13)11-6-7-24-9-11/h6-7,9-10H,4-5,8H2,1-3H3,(H,17,20)(H,21,22). The summed E-state index contributed by atoms with van der Waals surface area (Å²) < 4.78 is 5.53. The zero-order valence-electron chi connectivity index (χ0n) is 13.9. The number of aliphatic carboxylic acids is 1. The van der Waals surface area contributed by atoms with Crippen LogP contribution in [0.3, 0.4) is 0 Å². The number of rotatable bonds is 8. The number of carboxylic acids is 1. The summed E-state index contributed by atoms with van der Waals surface area (Å²) in [6, 6.07) is 1.88. The maximum atomic E-state index is 12.2. The van der Waals surface area contributed by atoms with Gasteiger partial charge in [0.1, 0.15) is 0 Å². The molecule has 1 unspecified atom stereocenters. The van der Waals surface area contributed by atoms with Gasteiger partial charge >= 0.3 is 5.97 Å². The molecule has 0 aliphatic rings. The summed E-state index contributed by atoms with van der Waals surface area (Å²) in [5.41, 5.74) is 0.0663. The minimum atomic E-state index is -0.941. The number of carbonyl (C=O) groups excluding carboxylic acids is 1. The largest absolute Gasteiger partial charge is 0.481 e. The van der Waals surface area contributed by atoms with Gasteiger partial charge in [-0.05, 0) is 24.3 Å². The van der Waals surface area contributed by atoms with Crippen molar-refractivity contribution < 1.29 is 19.1 Å². The Labute approximate surface area is 144 Å². The Hall–Kier alpha value is -2.22. The minimum absolute atomic E-state index is 0.00820. The highest BCUT2D eigenvalue weighted by Gasteiger charge is 2.32. The van der Waals surface area contributed by atoms with Gasteiger partial charge in [0.05, 0.1) is 6.42 Å². The Morgan fingerprint density at radius 3 is 2.75 bits per heavy atom. The summed E-state index contributed by atoms with van der Waals surface area (Å²) in [6.07, 6.45) is 0.344. The van der Waals surface area contributed by atoms with Gasteiger partial charge in [-0.2, -0.15) is 11.3 Å². The maximum absolute atomic E-state index is 12.2. The van der Waals surface area contributed by atoms with Crippen molar-refractivity contribution in [3.05, 3.63) is 22.7 Å². The van der Waals surface area contributed by atoms with E-state index in [4.69, 9.17) is 9.52 Å². The fourth-order valence-electron chi connectivity index (χ4n) is 2.17. The molecule has 2 N–H and O–H groups in total. The molecule has 2 rings (SSSR count). The van der Waals surface area contributed by atoms with Crippen molar-refractivity contribution in [1.82, 2.24) is 15.5 Å². The average molecular weight is 351 g/mol. The highest BCUT2D eigenvalue weighted by Crippen LogP contribution is 2.22. The van der Waals surface area contributed by atoms with E-state index in [9.17, 15) is 9.59 Å². The van der Waals surface area contributed by atoms with Crippen LogP contribution in [0.4, 0.5) is 0 Å². The number of carboxylic acid groups (broad SMARTS) is 1. The number of hydrogen-bond acceptors (Lipinski definition) is 6. The molecule has 0 aliphatic heterocycles. The molecular formula is C16H21N3O4S. The third-order valence-electron chi connectivity index (χ3n) is 4.02. The van der Waals surface area contributed by atoms with E-state index in [1.807, 2.05) is 30.7 Å². The SMILES string of the molecule is CC(C)C(C)(CC(=O)O)NC(=O)CCc1nnc(-c2ccsc2)o1. The van der Waals surface area contributed by atoms with Gasteiger partial charge in [0.2, 0.25) is 17.7 Å². The topological polar surface area (TPSA) is 105 Å². The first kappa shape index (κ1) is 18.1. The van der Waals surface area contributed by atoms with Crippen LogP contribution in [-0.2, 0) is 16.0 Å². The molecule has 1 amide bonds. The summed E-state index contributed by atoms with van der Waals surface area (Å²) in [5, 5.41) is 23.6. The Bertz CT molecular complexity index is 696. The fraction of sp³-hybridized carbons (Fsp3) is 0.500. The summed E-state index contributed by atoms with van der Waals surface area (Å²) in [7, 11) is 0. The molecule has 8 heteroatoms. The van der Waals surface area contributed by atoms with Gasteiger partial charge in [0, 0.05) is 29.3 Å². The molecule has 0 radical (unpaired) electrons. The molecule has 2 aromatic rings. The summed E-state index contributed by atoms with van der Waals surface area (Å²) in [5.74, 6) is -0.363. The molecule has 7 nitrogen and oxygen atoms in total. The zero-order valence-corrected chi connectivity index (χ0v) is 14.7. The van der Waals surface area contributed by atoms with Gasteiger partial charge in [-0.1, -0.05) is 13.8 Å². The Morgan fingerprint density at radius 2 is 2.17 bits per heavy atom. The fourth-order valence-corrected chi connectivity index (χ4v) is 2.80. The van der Waals surface area contributed by atoms with E-state index < -0.39 is 11.5 Å². The Kier molecular flexibility index (Phi) is 5.71. The summed E-state index contributed by atoms with van der Waals surface area (Å²) in [4.78, 5) is 23.2. The number of amides is 1. The average Bonchev–Trinajstić information content (AvgIpc) is 3.15. The highest BCUT2D eigenvalue weighted by molar-refractivity contribution is 7.08. The van der Waals surface area contributed by atoms with Gasteiger partial charge in [0.25, 0.3) is 0 Å². The van der Waals surface area contributed by atoms with Crippen LogP contribution >= 0.6 is 11.3 Å². The van der Waals surface area contributed by atoms with Crippen LogP contribution in [0.5, 0.6) is 0 Å². The molecule has 2 heterocycles. The molecule has 2 aromatic heterocycles. The van der Waals surface area contributed by atoms with Crippen LogP contribution in [0.2, 0.25) is 0 Å². The van der Waals surface area contributed by atoms with Gasteiger partial charge in [-0.3, -0.25) is 9.59 Å². The second kappa shape index (κ2) is 7.57. The molecule has 0 saturated heterocycles. The molecule has 0 aromatic carbocycles. The van der Waals surface area contributed by atoms with Gasteiger partial charge in [0.15, 0.2) is 0 Å². The van der Waals surface area contributed by atoms with Crippen molar-refractivity contribution >= 4 is 23.2 Å². The lowest BCUT2D eigenvalue weighted by atomic mass is 9.85. The lowest BCUT2D eigenvalue weighted by molar-refractivity contribution is -0.139. The van der Waals surface area contributed by atoms with Gasteiger partial charge in [-0.15, -0.1) is 10.2 Å². The smallest absolute Gasteiger partial charge is 0.305 e. The molecule has 0 bridgehead atoms. The number of aryl methyl sites for hydroxylation is 1. The van der Waals surface area contributed by atoms with Crippen LogP contribution in [0, 0.1) is 5.92 Å². The lowest BCUT2D eigenvalue weighted by Gasteiger charge is -2.33. The van der Waals surface area contributed by atoms with Crippen molar-refractivity contribution in [1.29, 1.82) is 0 Å². The first-order valence-electron chi connectivity index (χ1n) is 7.68. The predicted molar refractivity (Wildman–Crippen MR) is 89.6 cm³/mol. The predicted octanol–water partition coefficient (Wildman–Crippen LogP) is 2.74. The van der Waals surface area contributed by atoms with Gasteiger partial charge < -0.3 is 14.8 Å². The monoisotopic (exact) mass is 351 g/mol. The van der Waals surface area contributed by atoms with Gasteiger partial charge in [-0.25, -0.2) is 0 Å². The molecular weight excluding hydrogens is 330 g/mol. The summed E-state index contributed by atoms with van der Waals surface area (Å²) in [6.45, 7) is 5.51. The molecule has 0 fully saturated rings. The van der Waals surface area contributed by atoms with E-state index in [1.165, 1.54) is 11.3 Å². The first-order chi connectivity index (χ1) is 11.3. The minimum Gasteiger partial charge on any atom is -0.481 e. The van der Waals surface area contributed by atoms with Crippen molar-refractivity contribution in [2.45, 2.75) is 45.6 Å². The van der Waals surface area contributed by atoms with E-state index in [0.717, 1.165) is 5.56 Å². The second-order valence-electron chi connectivity index (χ2n) is 6.20. The van der Waals surface area contributed by atoms with Crippen LogP contribution in [0.25, 0.3) is 11.5 Å². The number of carbonyl (C=O) groups is 2. The van der Waals surface area contributed by atoms with E-state index in [1.54, 1.807) is 6.92 Å². The highest BCUT2D eigenvalue weighted by atomic mass is 32.1. The van der Waals surface area contributed by atoms with Crippen molar-refractivity contribution in [3.8, 4) is 11.5 Å². The van der Waals surface area contributed by atoms with E-state index >= 15 is 0 Å². The number of aromatic nitrogens is 2. The van der Waals surface area contributed by atoms with Crippen molar-refractivity contribution in [3.63, 3.8) is 0 Å². The lowest BCUT2D eigenvalue weighted by Crippen LogP contribution is -2.51. The Balaban J connectivity index is 1.92. The molecule has 0 spiro atoms. The molecule has 24 heavy (non-hydrogen) atoms. The van der Waals surface area contributed by atoms with E-state index in [-0.39, 0.29) is 24.7 Å². The van der Waals surface area contributed by atoms with Crippen molar-refractivity contribution in [2.24, 2.45) is 5.92 Å². The molecule has 1 atom stereocenters. The maximum Gasteiger partial charge on any atom is 0.305 e. The van der Waals surface area contributed by atoms with Crippen LogP contribution < -0.4 is 5.32 Å². The van der Waals surface area contributed by atoms with E-state index in [2.05, 4.69) is 15.5 Å². The number of hydrogen-bond donors (Lipinski definition) is 2. The molecule has 0 saturated carbocycles. The summed E-state index contributed by atoms with van der Waals surface area (Å²) >= 11 is 1.54. The second-order valence-corrected chi connectivity index (χ2v) is 6.98. The van der Waals surface area contributed by atoms with E-state index in [0.29, 0.717) is 18.2 Å².